The predicted molar refractivity (Wildman–Crippen MR) is 197 cm³/mol. The van der Waals surface area contributed by atoms with Gasteiger partial charge in [0.05, 0.1) is 0 Å². The molecule has 0 unspecified atom stereocenters. The molecule has 3 nitrogen and oxygen atoms in total. The molecule has 0 atom stereocenters. The average molecular weight is 602 g/mol. The van der Waals surface area contributed by atoms with Gasteiger partial charge in [0.2, 0.25) is 0 Å². The second kappa shape index (κ2) is 13.1. The topological polar surface area (TPSA) is 11.4 Å². The molecule has 0 saturated carbocycles. The van der Waals surface area contributed by atoms with Crippen LogP contribution < -0.4 is 9.80 Å². The zero-order chi connectivity index (χ0) is 31.5. The molecule has 1 aliphatic carbocycles. The predicted octanol–water partition coefficient (Wildman–Crippen LogP) is 11.1. The van der Waals surface area contributed by atoms with Gasteiger partial charge < -0.3 is 14.4 Å². The molecule has 0 N–H and O–H groups in total. The molecule has 0 fully saturated rings. The van der Waals surface area contributed by atoms with Gasteiger partial charge in [-0.25, -0.2) is 0 Å². The first kappa shape index (κ1) is 29.7. The maximum atomic E-state index is 2.60. The van der Waals surface area contributed by atoms with Crippen LogP contribution in [0.25, 0.3) is 17.0 Å². The van der Waals surface area contributed by atoms with E-state index in [2.05, 4.69) is 175 Å². The normalized spacial score (nSPS) is 12.4. The number of hydrogen-bond donors (Lipinski definition) is 0. The standard InChI is InChI=1S/C43H43N3/c1-4-5-30-46-41-19-13-12-18-39(41)40-31-34(24-29-42(40)46)43(32-20-25-37(26-21-32)44(2)35-14-8-6-9-15-35)33-22-27-38(28-23-33)45(3)36-16-10-7-11-17-36/h6-12,14-18,20-29,31,43H,4-5,13,19,30H2,1-3H3. The number of aromatic nitrogens is 1. The van der Waals surface area contributed by atoms with Crippen LogP contribution in [0.2, 0.25) is 0 Å². The first-order valence-corrected chi connectivity index (χ1v) is 16.7. The second-order valence-corrected chi connectivity index (χ2v) is 12.5. The van der Waals surface area contributed by atoms with E-state index >= 15 is 0 Å². The maximum Gasteiger partial charge on any atom is 0.0488 e. The Kier molecular flexibility index (Phi) is 8.48. The van der Waals surface area contributed by atoms with E-state index in [1.54, 1.807) is 0 Å². The van der Waals surface area contributed by atoms with Gasteiger partial charge in [0.1, 0.15) is 0 Å². The molecule has 5 aromatic carbocycles. The molecule has 1 aliphatic rings. The molecule has 0 saturated heterocycles. The molecule has 6 aromatic rings. The van der Waals surface area contributed by atoms with Gasteiger partial charge in [-0.2, -0.15) is 0 Å². The minimum atomic E-state index is 0.110. The van der Waals surface area contributed by atoms with Gasteiger partial charge in [-0.15, -0.1) is 0 Å². The van der Waals surface area contributed by atoms with Crippen LogP contribution in [-0.4, -0.2) is 18.7 Å². The first-order chi connectivity index (χ1) is 22.6. The molecular formula is C43H43N3. The molecule has 46 heavy (non-hydrogen) atoms. The molecular weight excluding hydrogens is 558 g/mol. The summed E-state index contributed by atoms with van der Waals surface area (Å²) in [7, 11) is 4.27. The molecule has 1 aromatic heterocycles. The van der Waals surface area contributed by atoms with Crippen molar-refractivity contribution >= 4 is 39.7 Å². The van der Waals surface area contributed by atoms with E-state index in [-0.39, 0.29) is 5.92 Å². The summed E-state index contributed by atoms with van der Waals surface area (Å²) in [5, 5.41) is 1.38. The number of nitrogens with zero attached hydrogens (tertiary/aromatic N) is 3. The summed E-state index contributed by atoms with van der Waals surface area (Å²) in [4.78, 5) is 4.49. The van der Waals surface area contributed by atoms with Crippen molar-refractivity contribution < 1.29 is 0 Å². The fraction of sp³-hybridized carbons (Fsp3) is 0.209. The van der Waals surface area contributed by atoms with Gasteiger partial charge in [-0.05, 0) is 96.6 Å². The Labute approximate surface area is 274 Å². The first-order valence-electron chi connectivity index (χ1n) is 16.7. The third kappa shape index (κ3) is 5.74. The summed E-state index contributed by atoms with van der Waals surface area (Å²) in [5.41, 5.74) is 12.9. The molecule has 0 amide bonds. The summed E-state index contributed by atoms with van der Waals surface area (Å²) >= 11 is 0. The molecule has 230 valence electrons. The largest absolute Gasteiger partial charge is 0.345 e. The minimum Gasteiger partial charge on any atom is -0.345 e. The highest BCUT2D eigenvalue weighted by atomic mass is 15.1. The van der Waals surface area contributed by atoms with Gasteiger partial charge in [0.15, 0.2) is 0 Å². The molecule has 0 spiro atoms. The van der Waals surface area contributed by atoms with Crippen molar-refractivity contribution in [3.05, 3.63) is 161 Å². The zero-order valence-electron chi connectivity index (χ0n) is 27.2. The van der Waals surface area contributed by atoms with Crippen LogP contribution in [0.5, 0.6) is 0 Å². The van der Waals surface area contributed by atoms with E-state index in [9.17, 15) is 0 Å². The van der Waals surface area contributed by atoms with Crippen molar-refractivity contribution in [1.29, 1.82) is 0 Å². The van der Waals surface area contributed by atoms with Crippen molar-refractivity contribution in [2.75, 3.05) is 23.9 Å². The number of allylic oxidation sites excluding steroid dienone is 1. The number of fused-ring (bicyclic) bond motifs is 3. The van der Waals surface area contributed by atoms with Gasteiger partial charge in [0, 0.05) is 71.5 Å². The van der Waals surface area contributed by atoms with Crippen molar-refractivity contribution in [2.45, 2.75) is 45.1 Å². The van der Waals surface area contributed by atoms with Crippen molar-refractivity contribution in [1.82, 2.24) is 4.57 Å². The summed E-state index contributed by atoms with van der Waals surface area (Å²) < 4.78 is 2.60. The second-order valence-electron chi connectivity index (χ2n) is 12.5. The molecule has 0 radical (unpaired) electrons. The van der Waals surface area contributed by atoms with E-state index in [1.807, 2.05) is 0 Å². The summed E-state index contributed by atoms with van der Waals surface area (Å²) in [6, 6.07) is 46.7. The number of unbranched alkanes of at least 4 members (excludes halogenated alkanes) is 1. The SMILES string of the molecule is CCCCn1c2c(c3cc(C(c4ccc(N(C)c5ccccc5)cc4)c4ccc(N(C)c5ccccc5)cc4)ccc31)C=CCC2. The van der Waals surface area contributed by atoms with Crippen molar-refractivity contribution in [3.8, 4) is 0 Å². The Bertz CT molecular complexity index is 1850. The Morgan fingerprint density at radius 1 is 0.630 bits per heavy atom. The number of hydrogen-bond acceptors (Lipinski definition) is 2. The smallest absolute Gasteiger partial charge is 0.0488 e. The number of aryl methyl sites for hydroxylation is 1. The summed E-state index contributed by atoms with van der Waals surface area (Å²) in [6.07, 6.45) is 9.37. The van der Waals surface area contributed by atoms with E-state index in [0.29, 0.717) is 0 Å². The van der Waals surface area contributed by atoms with Crippen molar-refractivity contribution in [3.63, 3.8) is 0 Å². The van der Waals surface area contributed by atoms with Gasteiger partial charge in [0.25, 0.3) is 0 Å². The Morgan fingerprint density at radius 2 is 1.15 bits per heavy atom. The molecule has 3 heteroatoms. The molecule has 0 bridgehead atoms. The Balaban J connectivity index is 1.31. The fourth-order valence-electron chi connectivity index (χ4n) is 7.04. The van der Waals surface area contributed by atoms with Crippen LogP contribution in [0.1, 0.15) is 60.1 Å². The zero-order valence-corrected chi connectivity index (χ0v) is 27.2. The lowest BCUT2D eigenvalue weighted by atomic mass is 9.84. The molecule has 7 rings (SSSR count). The maximum absolute atomic E-state index is 2.60. The Morgan fingerprint density at radius 3 is 1.70 bits per heavy atom. The highest BCUT2D eigenvalue weighted by Crippen LogP contribution is 2.39. The van der Waals surface area contributed by atoms with Gasteiger partial charge >= 0.3 is 0 Å². The molecule has 0 aliphatic heterocycles. The van der Waals surface area contributed by atoms with Crippen molar-refractivity contribution in [2.24, 2.45) is 0 Å². The summed E-state index contributed by atoms with van der Waals surface area (Å²) in [6.45, 7) is 3.37. The number of anilines is 4. The highest BCUT2D eigenvalue weighted by molar-refractivity contribution is 5.92. The average Bonchev–Trinajstić information content (AvgIpc) is 3.44. The van der Waals surface area contributed by atoms with E-state index in [0.717, 1.165) is 19.4 Å². The van der Waals surface area contributed by atoms with Crippen LogP contribution in [0, 0.1) is 0 Å². The monoisotopic (exact) mass is 601 g/mol. The molecule has 1 heterocycles. The minimum absolute atomic E-state index is 0.110. The van der Waals surface area contributed by atoms with Crippen LogP contribution in [0.4, 0.5) is 22.7 Å². The van der Waals surface area contributed by atoms with E-state index in [4.69, 9.17) is 0 Å². The van der Waals surface area contributed by atoms with Gasteiger partial charge in [-0.3, -0.25) is 0 Å². The third-order valence-corrected chi connectivity index (χ3v) is 9.65. The summed E-state index contributed by atoms with van der Waals surface area (Å²) in [5.74, 6) is 0.110. The lowest BCUT2D eigenvalue weighted by Gasteiger charge is -2.24. The van der Waals surface area contributed by atoms with Crippen LogP contribution in [0.15, 0.2) is 133 Å². The van der Waals surface area contributed by atoms with E-state index in [1.165, 1.54) is 74.4 Å². The number of benzene rings is 5. The highest BCUT2D eigenvalue weighted by Gasteiger charge is 2.22. The van der Waals surface area contributed by atoms with E-state index < -0.39 is 0 Å². The number of rotatable bonds is 10. The lowest BCUT2D eigenvalue weighted by Crippen LogP contribution is -2.11. The van der Waals surface area contributed by atoms with Crippen LogP contribution in [-0.2, 0) is 13.0 Å². The third-order valence-electron chi connectivity index (χ3n) is 9.65. The Hall–Kier alpha value is -5.02. The fourth-order valence-corrected chi connectivity index (χ4v) is 7.04. The lowest BCUT2D eigenvalue weighted by molar-refractivity contribution is 0.623. The van der Waals surface area contributed by atoms with Gasteiger partial charge in [-0.1, -0.05) is 92.2 Å². The van der Waals surface area contributed by atoms with Crippen LogP contribution in [0.3, 0.4) is 0 Å². The van der Waals surface area contributed by atoms with Crippen LogP contribution >= 0.6 is 0 Å². The quantitative estimate of drug-likeness (QED) is 0.145. The number of para-hydroxylation sites is 2.